The van der Waals surface area contributed by atoms with Gasteiger partial charge in [0.25, 0.3) is 0 Å². The van der Waals surface area contributed by atoms with E-state index in [2.05, 4.69) is 23.8 Å². The van der Waals surface area contributed by atoms with Gasteiger partial charge in [-0.25, -0.2) is 4.98 Å². The van der Waals surface area contributed by atoms with Crippen LogP contribution in [-0.4, -0.2) is 16.6 Å². The Kier molecular flexibility index (Phi) is 3.68. The molecule has 1 rings (SSSR count). The molecular weight excluding hydrogens is 164 g/mol. The largest absolute Gasteiger partial charge is 0.478 e. The molecule has 0 spiro atoms. The number of rotatable bonds is 4. The first kappa shape index (κ1) is 9.96. The molecule has 0 aromatic carbocycles. The van der Waals surface area contributed by atoms with E-state index in [0.29, 0.717) is 11.8 Å². The van der Waals surface area contributed by atoms with Crippen molar-refractivity contribution in [3.8, 4) is 5.88 Å². The molecule has 0 aliphatic carbocycles. The minimum Gasteiger partial charge on any atom is -0.478 e. The molecule has 1 aromatic rings. The van der Waals surface area contributed by atoms with Gasteiger partial charge in [-0.2, -0.15) is 4.98 Å². The number of hydrogen-bond donors (Lipinski definition) is 0. The van der Waals surface area contributed by atoms with E-state index in [1.165, 1.54) is 0 Å². The fourth-order valence-electron chi connectivity index (χ4n) is 0.914. The fourth-order valence-corrected chi connectivity index (χ4v) is 0.914. The Bertz CT molecular complexity index is 261. The van der Waals surface area contributed by atoms with E-state index in [0.717, 1.165) is 18.9 Å². The normalized spacial score (nSPS) is 10.5. The summed E-state index contributed by atoms with van der Waals surface area (Å²) in [4.78, 5) is 8.13. The average Bonchev–Trinajstić information content (AvgIpc) is 2.03. The SMILES string of the molecule is Cc1nccc(OCCC(C)C)n1. The monoisotopic (exact) mass is 180 g/mol. The first-order valence-corrected chi connectivity index (χ1v) is 4.61. The summed E-state index contributed by atoms with van der Waals surface area (Å²) in [6.45, 7) is 6.94. The van der Waals surface area contributed by atoms with Crippen molar-refractivity contribution < 1.29 is 4.74 Å². The van der Waals surface area contributed by atoms with Crippen LogP contribution in [0.4, 0.5) is 0 Å². The topological polar surface area (TPSA) is 35.0 Å². The van der Waals surface area contributed by atoms with Crippen LogP contribution in [0.1, 0.15) is 26.1 Å². The van der Waals surface area contributed by atoms with Crippen molar-refractivity contribution in [1.29, 1.82) is 0 Å². The van der Waals surface area contributed by atoms with Crippen LogP contribution in [0, 0.1) is 12.8 Å². The van der Waals surface area contributed by atoms with Crippen LogP contribution in [-0.2, 0) is 0 Å². The first-order valence-electron chi connectivity index (χ1n) is 4.61. The van der Waals surface area contributed by atoms with Crippen molar-refractivity contribution in [2.75, 3.05) is 6.61 Å². The molecule has 72 valence electrons. The smallest absolute Gasteiger partial charge is 0.216 e. The zero-order valence-corrected chi connectivity index (χ0v) is 8.45. The van der Waals surface area contributed by atoms with Crippen molar-refractivity contribution in [3.63, 3.8) is 0 Å². The summed E-state index contributed by atoms with van der Waals surface area (Å²) in [5.74, 6) is 2.10. The van der Waals surface area contributed by atoms with E-state index >= 15 is 0 Å². The molecule has 0 atom stereocenters. The van der Waals surface area contributed by atoms with Gasteiger partial charge in [-0.1, -0.05) is 13.8 Å². The zero-order valence-electron chi connectivity index (χ0n) is 8.45. The van der Waals surface area contributed by atoms with Gasteiger partial charge in [0.15, 0.2) is 0 Å². The number of aromatic nitrogens is 2. The third-order valence-corrected chi connectivity index (χ3v) is 1.70. The van der Waals surface area contributed by atoms with E-state index in [1.54, 1.807) is 12.3 Å². The highest BCUT2D eigenvalue weighted by molar-refractivity contribution is 5.07. The lowest BCUT2D eigenvalue weighted by atomic mass is 10.1. The number of ether oxygens (including phenoxy) is 1. The highest BCUT2D eigenvalue weighted by Crippen LogP contribution is 2.06. The summed E-state index contributed by atoms with van der Waals surface area (Å²) in [6, 6.07) is 1.79. The lowest BCUT2D eigenvalue weighted by molar-refractivity contribution is 0.278. The van der Waals surface area contributed by atoms with Gasteiger partial charge < -0.3 is 4.74 Å². The first-order chi connectivity index (χ1) is 6.18. The standard InChI is InChI=1S/C10H16N2O/c1-8(2)5-7-13-10-4-6-11-9(3)12-10/h4,6,8H,5,7H2,1-3H3. The van der Waals surface area contributed by atoms with Crippen molar-refractivity contribution in [3.05, 3.63) is 18.1 Å². The van der Waals surface area contributed by atoms with E-state index in [-0.39, 0.29) is 0 Å². The lowest BCUT2D eigenvalue weighted by Gasteiger charge is -2.06. The predicted molar refractivity (Wildman–Crippen MR) is 51.7 cm³/mol. The Morgan fingerprint density at radius 1 is 1.46 bits per heavy atom. The van der Waals surface area contributed by atoms with Gasteiger partial charge >= 0.3 is 0 Å². The molecule has 3 heteroatoms. The Morgan fingerprint density at radius 2 is 2.23 bits per heavy atom. The van der Waals surface area contributed by atoms with Crippen molar-refractivity contribution >= 4 is 0 Å². The van der Waals surface area contributed by atoms with Crippen LogP contribution in [0.2, 0.25) is 0 Å². The molecule has 3 nitrogen and oxygen atoms in total. The van der Waals surface area contributed by atoms with Crippen LogP contribution in [0.25, 0.3) is 0 Å². The zero-order chi connectivity index (χ0) is 9.68. The second kappa shape index (κ2) is 4.80. The second-order valence-electron chi connectivity index (χ2n) is 3.47. The quantitative estimate of drug-likeness (QED) is 0.712. The molecule has 1 heterocycles. The van der Waals surface area contributed by atoms with Crippen LogP contribution < -0.4 is 4.74 Å². The van der Waals surface area contributed by atoms with Crippen molar-refractivity contribution in [2.24, 2.45) is 5.92 Å². The molecule has 0 saturated carbocycles. The molecule has 0 bridgehead atoms. The molecule has 0 N–H and O–H groups in total. The summed E-state index contributed by atoms with van der Waals surface area (Å²) in [5.41, 5.74) is 0. The Labute approximate surface area is 79.2 Å². The Balaban J connectivity index is 2.37. The maximum Gasteiger partial charge on any atom is 0.216 e. The minimum absolute atomic E-state index is 0.669. The van der Waals surface area contributed by atoms with Gasteiger partial charge in [0.2, 0.25) is 5.88 Å². The minimum atomic E-state index is 0.669. The van der Waals surface area contributed by atoms with Gasteiger partial charge in [-0.15, -0.1) is 0 Å². The summed E-state index contributed by atoms with van der Waals surface area (Å²) in [7, 11) is 0. The molecule has 13 heavy (non-hydrogen) atoms. The molecule has 0 radical (unpaired) electrons. The van der Waals surface area contributed by atoms with E-state index < -0.39 is 0 Å². The summed E-state index contributed by atoms with van der Waals surface area (Å²) in [5, 5.41) is 0. The van der Waals surface area contributed by atoms with Gasteiger partial charge in [0.1, 0.15) is 5.82 Å². The molecule has 0 fully saturated rings. The number of nitrogens with zero attached hydrogens (tertiary/aromatic N) is 2. The van der Waals surface area contributed by atoms with Gasteiger partial charge in [-0.05, 0) is 19.3 Å². The maximum atomic E-state index is 5.45. The van der Waals surface area contributed by atoms with Crippen LogP contribution in [0.3, 0.4) is 0 Å². The molecular formula is C10H16N2O. The van der Waals surface area contributed by atoms with Crippen LogP contribution >= 0.6 is 0 Å². The van der Waals surface area contributed by atoms with E-state index in [1.807, 2.05) is 6.92 Å². The van der Waals surface area contributed by atoms with Gasteiger partial charge in [0.05, 0.1) is 6.61 Å². The molecule has 0 unspecified atom stereocenters. The van der Waals surface area contributed by atoms with Crippen LogP contribution in [0.5, 0.6) is 5.88 Å². The highest BCUT2D eigenvalue weighted by Gasteiger charge is 1.97. The fraction of sp³-hybridized carbons (Fsp3) is 0.600. The third kappa shape index (κ3) is 3.87. The molecule has 0 amide bonds. The molecule has 0 aliphatic rings. The Hall–Kier alpha value is -1.12. The summed E-state index contributed by atoms with van der Waals surface area (Å²) >= 11 is 0. The molecule has 1 aromatic heterocycles. The van der Waals surface area contributed by atoms with Crippen molar-refractivity contribution in [2.45, 2.75) is 27.2 Å². The van der Waals surface area contributed by atoms with E-state index in [4.69, 9.17) is 4.74 Å². The molecule has 0 saturated heterocycles. The third-order valence-electron chi connectivity index (χ3n) is 1.70. The second-order valence-corrected chi connectivity index (χ2v) is 3.47. The average molecular weight is 180 g/mol. The van der Waals surface area contributed by atoms with E-state index in [9.17, 15) is 0 Å². The highest BCUT2D eigenvalue weighted by atomic mass is 16.5. The van der Waals surface area contributed by atoms with Crippen LogP contribution in [0.15, 0.2) is 12.3 Å². The number of hydrogen-bond acceptors (Lipinski definition) is 3. The lowest BCUT2D eigenvalue weighted by Crippen LogP contribution is -2.03. The van der Waals surface area contributed by atoms with Crippen molar-refractivity contribution in [1.82, 2.24) is 9.97 Å². The number of aryl methyl sites for hydroxylation is 1. The van der Waals surface area contributed by atoms with Gasteiger partial charge in [0, 0.05) is 12.3 Å². The molecule has 0 aliphatic heterocycles. The predicted octanol–water partition coefficient (Wildman–Crippen LogP) is 2.21. The summed E-state index contributed by atoms with van der Waals surface area (Å²) in [6.07, 6.45) is 2.77. The maximum absolute atomic E-state index is 5.45. The Morgan fingerprint density at radius 3 is 2.85 bits per heavy atom. The van der Waals surface area contributed by atoms with Gasteiger partial charge in [-0.3, -0.25) is 0 Å². The summed E-state index contributed by atoms with van der Waals surface area (Å²) < 4.78 is 5.45.